The number of phenols is 1. The minimum absolute atomic E-state index is 0.0228. The average Bonchev–Trinajstić information content (AvgIpc) is 1.60. The van der Waals surface area contributed by atoms with Crippen LogP contribution in [0.15, 0.2) is 97.7 Å². The van der Waals surface area contributed by atoms with E-state index in [1.54, 1.807) is 67.2 Å². The van der Waals surface area contributed by atoms with Gasteiger partial charge in [0.05, 0.1) is 44.4 Å². The SMILES string of the molecule is CCCC[C@H]1C(=O)N[C@@H](CCCNC(=N)N)C(=O)NC(C(=O)NCC(N)=O)CSCC(=O)N[C@@H](Cc2ccc(O)cc2)C(=O)N(C)[C@@H](C)C(=O)N[C@@H](CC(N)=O)C(=O)N2CCC[C@H]2C(=O)N[C@@H](Cc2cnc[nH]2)C(=O)N[C@@H](CO)C(=O)N2C[C@H](O)C[C@H]2C(=O)N[C@@H](Cc2c[nH]c3ccccc23)C(=O)N[C@@H](CO)C(=O)N[C@@H](Cc2c[nH]c3ccccc23)C(=O)N(C)[C@@H](CCSC)C(=O)N1C. The van der Waals surface area contributed by atoms with Gasteiger partial charge in [0.15, 0.2) is 5.96 Å². The zero-order valence-corrected chi connectivity index (χ0v) is 76.8. The predicted molar refractivity (Wildman–Crippen MR) is 491 cm³/mol. The maximum atomic E-state index is 15.7. The highest BCUT2D eigenvalue weighted by molar-refractivity contribution is 8.00. The van der Waals surface area contributed by atoms with Gasteiger partial charge in [0.25, 0.3) is 0 Å². The smallest absolute Gasteiger partial charge is 0.248 e. The van der Waals surface area contributed by atoms with Crippen LogP contribution < -0.4 is 75.7 Å². The molecule has 0 radical (unpaired) electrons. The number of hydrogen-bond acceptors (Lipinski definition) is 25. The number of nitrogens with zero attached hydrogens (tertiary/aromatic N) is 6. The first-order valence-corrected chi connectivity index (χ1v) is 46.4. The maximum absolute atomic E-state index is 15.7. The van der Waals surface area contributed by atoms with E-state index < -0.39 is 248 Å². The molecular formula is C87H120N24O21S2. The highest BCUT2D eigenvalue weighted by atomic mass is 32.2. The second-order valence-electron chi connectivity index (χ2n) is 33.2. The maximum Gasteiger partial charge on any atom is 0.248 e. The topological polar surface area (TPSA) is 682 Å². The van der Waals surface area contributed by atoms with E-state index >= 15 is 28.8 Å². The lowest BCUT2D eigenvalue weighted by Crippen LogP contribution is -2.62. The van der Waals surface area contributed by atoms with Gasteiger partial charge in [-0.1, -0.05) is 68.3 Å². The Morgan fingerprint density at radius 1 is 0.560 bits per heavy atom. The molecule has 3 aromatic carbocycles. The molecule has 6 heterocycles. The first-order valence-electron chi connectivity index (χ1n) is 43.8. The lowest BCUT2D eigenvalue weighted by atomic mass is 10.0. The number of aromatic hydroxyl groups is 1. The van der Waals surface area contributed by atoms with Gasteiger partial charge in [0.2, 0.25) is 100 Å². The number of aromatic nitrogens is 4. The number of benzene rings is 3. The number of guanidine groups is 1. The van der Waals surface area contributed by atoms with Crippen molar-refractivity contribution in [2.75, 3.05) is 84.1 Å². The molecule has 0 spiro atoms. The molecule has 0 aliphatic carbocycles. The number of fused-ring (bicyclic) bond motifs is 4. The van der Waals surface area contributed by atoms with E-state index in [4.69, 9.17) is 22.6 Å². The Kier molecular flexibility index (Phi) is 38.8. The van der Waals surface area contributed by atoms with Gasteiger partial charge >= 0.3 is 0 Å². The first-order chi connectivity index (χ1) is 63.9. The van der Waals surface area contributed by atoms with Gasteiger partial charge in [-0.3, -0.25) is 86.9 Å². The molecule has 3 aromatic heterocycles. The highest BCUT2D eigenvalue weighted by Gasteiger charge is 2.47. The normalized spacial score (nSPS) is 24.8. The van der Waals surface area contributed by atoms with Crippen LogP contribution in [0.4, 0.5) is 0 Å². The zero-order valence-electron chi connectivity index (χ0n) is 75.1. The fraction of sp³-hybridized carbons (Fsp3) is 0.506. The average molecular weight is 1900 g/mol. The number of aliphatic hydroxyl groups excluding tert-OH is 3. The van der Waals surface area contributed by atoms with Crippen molar-refractivity contribution in [1.29, 1.82) is 5.41 Å². The number of primary amides is 2. The van der Waals surface area contributed by atoms with Crippen LogP contribution in [0, 0.1) is 5.41 Å². The number of H-pyrrole nitrogens is 3. The van der Waals surface area contributed by atoms with E-state index in [1.165, 1.54) is 76.6 Å². The third-order valence-electron chi connectivity index (χ3n) is 23.6. The van der Waals surface area contributed by atoms with Crippen LogP contribution in [0.2, 0.25) is 0 Å². The molecule has 47 heteroatoms. The van der Waals surface area contributed by atoms with E-state index in [0.717, 1.165) is 36.3 Å². The number of carbonyl (C=O) groups excluding carboxylic acids is 17. The number of aliphatic hydroxyl groups is 3. The third-order valence-corrected chi connectivity index (χ3v) is 25.2. The van der Waals surface area contributed by atoms with E-state index in [-0.39, 0.29) is 94.5 Å². The summed E-state index contributed by atoms with van der Waals surface area (Å²) >= 11 is 2.06. The lowest BCUT2D eigenvalue weighted by Gasteiger charge is -2.36. The standard InChI is InChI=1S/C87H120N24O21S2/c1-7-8-20-66-79(125)99-57(19-13-27-93-87(90)91)75(121)106-65(74(120)96-39-71(89)117)43-134-44-72(118)98-60(30-47-22-24-51(114)25-23-47)82(128)107(3)46(2)73(119)102-62(35-70(88)116)84(130)110-28-14-21-67(110)80(126)101-59(33-50-38-92-45-97-50)77(123)105-64(42-113)85(131)111-40-52(115)34-69(111)81(127)100-58(31-48-36-94-55-17-11-9-15-53(48)55)76(122)104-63(41-112)78(124)103-61(32-49-37-95-56-18-12-10-16-54(49)56)83(129)109(5)68(26-29-133-6)86(132)108(66)4/h9-12,15-18,22-25,36-38,45-46,52,57-69,94-95,112-115H,7-8,13-14,19-21,26-35,39-44H2,1-6H3,(H2,88,116)(H2,89,117)(H,92,97)(H,96,120)(H,98,118)(H,99,125)(H,100,127)(H,101,126)(H,102,119)(H,103,124)(H,104,122)(H,105,123)(H,106,121)(H4,90,91,93)/t46-,52+,57-,58-,59-,60-,61-,62-,63-,64-,65?,66-,67-,68-,69-/m0/s1. The van der Waals surface area contributed by atoms with Crippen molar-refractivity contribution in [1.82, 2.24) is 103 Å². The molecule has 726 valence electrons. The summed E-state index contributed by atoms with van der Waals surface area (Å²) in [6.45, 7) is -0.697. The predicted octanol–water partition coefficient (Wildman–Crippen LogP) is -5.42. The fourth-order valence-corrected chi connectivity index (χ4v) is 17.4. The van der Waals surface area contributed by atoms with Crippen LogP contribution in [0.5, 0.6) is 5.75 Å². The van der Waals surface area contributed by atoms with Gasteiger partial charge < -0.3 is 136 Å². The molecule has 9 rings (SSSR count). The van der Waals surface area contributed by atoms with E-state index in [9.17, 15) is 73.2 Å². The molecule has 3 saturated heterocycles. The van der Waals surface area contributed by atoms with Crippen LogP contribution in [0.25, 0.3) is 21.8 Å². The van der Waals surface area contributed by atoms with Gasteiger partial charge in [-0.15, -0.1) is 11.8 Å². The quantitative estimate of drug-likeness (QED) is 0.0144. The summed E-state index contributed by atoms with van der Waals surface area (Å²) in [6.07, 6.45) is 4.01. The summed E-state index contributed by atoms with van der Waals surface area (Å²) in [7, 11) is 3.84. The van der Waals surface area contributed by atoms with Crippen molar-refractivity contribution in [2.45, 2.75) is 194 Å². The van der Waals surface area contributed by atoms with Crippen molar-refractivity contribution in [3.63, 3.8) is 0 Å². The molecule has 0 bridgehead atoms. The minimum Gasteiger partial charge on any atom is -0.508 e. The molecule has 1 unspecified atom stereocenters. The number of likely N-dealkylation sites (N-methyl/N-ethyl adjacent to an activating group) is 3. The Balaban J connectivity index is 1.09. The number of imidazole rings is 1. The second kappa shape index (κ2) is 49.9. The Morgan fingerprint density at radius 3 is 1.72 bits per heavy atom. The molecule has 25 N–H and O–H groups in total. The van der Waals surface area contributed by atoms with E-state index in [1.807, 2.05) is 6.92 Å². The monoisotopic (exact) mass is 1900 g/mol. The molecule has 0 saturated carbocycles. The first kappa shape index (κ1) is 104. The molecular weight excluding hydrogens is 1780 g/mol. The van der Waals surface area contributed by atoms with Gasteiger partial charge in [-0.2, -0.15) is 11.8 Å². The number of thioether (sulfide) groups is 2. The zero-order chi connectivity index (χ0) is 97.7. The Hall–Kier alpha value is -13.4. The lowest BCUT2D eigenvalue weighted by molar-refractivity contribution is -0.149. The van der Waals surface area contributed by atoms with Crippen molar-refractivity contribution in [3.05, 3.63) is 120 Å². The fourth-order valence-electron chi connectivity index (χ4n) is 16.1. The Morgan fingerprint density at radius 2 is 1.11 bits per heavy atom. The third kappa shape index (κ3) is 28.6. The number of aromatic amines is 3. The number of nitrogens with two attached hydrogens (primary N) is 3. The molecule has 3 aliphatic rings. The number of phenolic OH excluding ortho intramolecular Hbond substituents is 1. The van der Waals surface area contributed by atoms with Gasteiger partial charge in [0, 0.05) is 125 Å². The van der Waals surface area contributed by atoms with Gasteiger partial charge in [-0.05, 0) is 98.4 Å². The summed E-state index contributed by atoms with van der Waals surface area (Å²) in [6, 6.07) is -3.39. The summed E-state index contributed by atoms with van der Waals surface area (Å²) in [5.74, 6) is -18.4. The van der Waals surface area contributed by atoms with Crippen LogP contribution >= 0.6 is 23.5 Å². The summed E-state index contributed by atoms with van der Waals surface area (Å²) in [5, 5.41) is 81.1. The molecule has 3 aliphatic heterocycles. The highest BCUT2D eigenvalue weighted by Crippen LogP contribution is 2.28. The van der Waals surface area contributed by atoms with E-state index in [0.29, 0.717) is 51.3 Å². The van der Waals surface area contributed by atoms with Crippen molar-refractivity contribution in [3.8, 4) is 5.75 Å². The number of para-hydroxylation sites is 2. The number of nitrogens with one attached hydrogen (secondary N) is 15. The number of unbranched alkanes of at least 4 members (excludes halogenated alkanes) is 1. The molecule has 3 fully saturated rings. The molecule has 134 heavy (non-hydrogen) atoms. The number of hydrogen-bond donors (Lipinski definition) is 22. The molecule has 6 aromatic rings. The molecule has 15 atom stereocenters. The minimum atomic E-state index is -1.93. The van der Waals surface area contributed by atoms with Crippen molar-refractivity contribution >= 4 is 152 Å². The van der Waals surface area contributed by atoms with Crippen LogP contribution in [-0.4, -0.2) is 346 Å². The van der Waals surface area contributed by atoms with E-state index in [2.05, 4.69) is 78.4 Å². The van der Waals surface area contributed by atoms with Crippen LogP contribution in [0.3, 0.4) is 0 Å². The largest absolute Gasteiger partial charge is 0.508 e. The number of rotatable bonds is 25. The van der Waals surface area contributed by atoms with Crippen LogP contribution in [0.1, 0.15) is 100 Å². The van der Waals surface area contributed by atoms with Crippen molar-refractivity contribution < 1.29 is 102 Å². The summed E-state index contributed by atoms with van der Waals surface area (Å²) < 4.78 is 0. The summed E-state index contributed by atoms with van der Waals surface area (Å²) in [5.41, 5.74) is 19.5. The van der Waals surface area contributed by atoms with Gasteiger partial charge in [-0.25, -0.2) is 4.98 Å². The molecule has 45 nitrogen and oxygen atoms in total. The Labute approximate surface area is 779 Å². The second-order valence-corrected chi connectivity index (χ2v) is 35.2. The number of carbonyl (C=O) groups is 17. The number of amides is 17. The molecule has 17 amide bonds. The van der Waals surface area contributed by atoms with Crippen molar-refractivity contribution in [2.24, 2.45) is 17.2 Å². The van der Waals surface area contributed by atoms with Crippen LogP contribution in [-0.2, 0) is 107 Å². The summed E-state index contributed by atoms with van der Waals surface area (Å²) in [4.78, 5) is 267. The van der Waals surface area contributed by atoms with Gasteiger partial charge in [0.1, 0.15) is 90.3 Å². The Bertz CT molecular complexity index is 5200.